The molecule has 1 N–H and O–H groups in total. The lowest BCUT2D eigenvalue weighted by atomic mass is 9.77. The van der Waals surface area contributed by atoms with Gasteiger partial charge in [0.15, 0.2) is 5.78 Å². The summed E-state index contributed by atoms with van der Waals surface area (Å²) in [6, 6.07) is 20.5. The van der Waals surface area contributed by atoms with Crippen LogP contribution in [0.2, 0.25) is 0 Å². The van der Waals surface area contributed by atoms with E-state index in [1.807, 2.05) is 0 Å². The molecule has 0 unspecified atom stereocenters. The SMILES string of the molecule is CCCC1CCC(c2ccc(CCc3ccc(CCCC(=O)c4ccc(OCC)c(C(F)F)c4O)cc3)cc2)CC1. The fraction of sp³-hybridized carbons (Fsp3) is 0.472. The number of benzene rings is 3. The molecule has 0 aromatic heterocycles. The molecule has 5 heteroatoms. The van der Waals surface area contributed by atoms with E-state index in [2.05, 4.69) is 55.5 Å². The zero-order valence-electron chi connectivity index (χ0n) is 24.5. The minimum absolute atomic E-state index is 0.0773. The van der Waals surface area contributed by atoms with E-state index in [1.165, 1.54) is 67.3 Å². The molecule has 3 aromatic rings. The summed E-state index contributed by atoms with van der Waals surface area (Å²) in [7, 11) is 0. The van der Waals surface area contributed by atoms with Gasteiger partial charge in [0.25, 0.3) is 6.43 Å². The predicted molar refractivity (Wildman–Crippen MR) is 161 cm³/mol. The molecule has 3 aromatic carbocycles. The van der Waals surface area contributed by atoms with Crippen LogP contribution in [0.25, 0.3) is 0 Å². The highest BCUT2D eigenvalue weighted by Gasteiger charge is 2.25. The fourth-order valence-corrected chi connectivity index (χ4v) is 6.20. The predicted octanol–water partition coefficient (Wildman–Crippen LogP) is 9.79. The van der Waals surface area contributed by atoms with Gasteiger partial charge < -0.3 is 9.84 Å². The molecular formula is C36H44F2O3. The van der Waals surface area contributed by atoms with Gasteiger partial charge in [-0.3, -0.25) is 4.79 Å². The number of carbonyl (C=O) groups excluding carboxylic acids is 1. The Morgan fingerprint density at radius 1 is 0.854 bits per heavy atom. The maximum atomic E-state index is 13.5. The second-order valence-electron chi connectivity index (χ2n) is 11.4. The summed E-state index contributed by atoms with van der Waals surface area (Å²) in [5, 5.41) is 10.3. The van der Waals surface area contributed by atoms with Crippen LogP contribution in [0.1, 0.15) is 116 Å². The van der Waals surface area contributed by atoms with Crippen molar-refractivity contribution in [3.05, 3.63) is 94.0 Å². The molecular weight excluding hydrogens is 518 g/mol. The molecule has 0 saturated heterocycles. The minimum Gasteiger partial charge on any atom is -0.507 e. The molecule has 41 heavy (non-hydrogen) atoms. The molecule has 0 spiro atoms. The number of ether oxygens (including phenoxy) is 1. The Bertz CT molecular complexity index is 1240. The summed E-state index contributed by atoms with van der Waals surface area (Å²) in [6.45, 7) is 4.16. The number of phenols is 1. The summed E-state index contributed by atoms with van der Waals surface area (Å²) >= 11 is 0. The Balaban J connectivity index is 1.22. The average molecular weight is 563 g/mol. The lowest BCUT2D eigenvalue weighted by Crippen LogP contribution is -2.13. The van der Waals surface area contributed by atoms with Crippen LogP contribution in [0.3, 0.4) is 0 Å². The molecule has 0 atom stereocenters. The van der Waals surface area contributed by atoms with Crippen molar-refractivity contribution in [2.45, 2.75) is 96.8 Å². The van der Waals surface area contributed by atoms with Crippen molar-refractivity contribution < 1.29 is 23.4 Å². The number of ketones is 1. The van der Waals surface area contributed by atoms with Crippen molar-refractivity contribution in [3.63, 3.8) is 0 Å². The zero-order chi connectivity index (χ0) is 29.2. The van der Waals surface area contributed by atoms with Gasteiger partial charge in [0.05, 0.1) is 12.2 Å². The van der Waals surface area contributed by atoms with Gasteiger partial charge in [0, 0.05) is 6.42 Å². The number of Topliss-reactive ketones (excluding diaryl/α,β-unsaturated/α-hetero) is 1. The molecule has 1 fully saturated rings. The Labute approximate surface area is 244 Å². The molecule has 0 amide bonds. The third-order valence-corrected chi connectivity index (χ3v) is 8.58. The summed E-state index contributed by atoms with van der Waals surface area (Å²) in [5.41, 5.74) is 4.58. The number of phenolic OH excluding ortho intramolecular Hbond substituents is 1. The van der Waals surface area contributed by atoms with Crippen molar-refractivity contribution in [2.24, 2.45) is 5.92 Å². The van der Waals surface area contributed by atoms with Crippen molar-refractivity contribution in [1.82, 2.24) is 0 Å². The van der Waals surface area contributed by atoms with Crippen LogP contribution in [0.5, 0.6) is 11.5 Å². The van der Waals surface area contributed by atoms with Gasteiger partial charge in [0.1, 0.15) is 17.1 Å². The normalized spacial score (nSPS) is 17.1. The second-order valence-corrected chi connectivity index (χ2v) is 11.4. The first-order chi connectivity index (χ1) is 19.9. The van der Waals surface area contributed by atoms with Crippen LogP contribution in [0.4, 0.5) is 8.78 Å². The van der Waals surface area contributed by atoms with Gasteiger partial charge in [-0.05, 0) is 105 Å². The van der Waals surface area contributed by atoms with E-state index in [4.69, 9.17) is 4.74 Å². The summed E-state index contributed by atoms with van der Waals surface area (Å²) in [5.74, 6) is 0.547. The number of aromatic hydroxyl groups is 1. The number of halogens is 2. The van der Waals surface area contributed by atoms with Gasteiger partial charge >= 0.3 is 0 Å². The summed E-state index contributed by atoms with van der Waals surface area (Å²) in [6.07, 6.45) is 8.59. The lowest BCUT2D eigenvalue weighted by Gasteiger charge is -2.28. The van der Waals surface area contributed by atoms with E-state index in [9.17, 15) is 18.7 Å². The third-order valence-electron chi connectivity index (χ3n) is 8.58. The standard InChI is InChI=1S/C36H44F2O3/c1-3-6-25-15-19-29(20-16-25)30-21-17-28(18-22-30)14-13-27-11-9-26(10-12-27)7-5-8-32(39)31-23-24-33(41-4-2)34(35(31)40)36(37)38/h9-12,17-18,21-25,29,36,40H,3-8,13-16,19-20H2,1-2H3. The van der Waals surface area contributed by atoms with Crippen LogP contribution < -0.4 is 4.74 Å². The Morgan fingerprint density at radius 2 is 1.44 bits per heavy atom. The maximum Gasteiger partial charge on any atom is 0.271 e. The van der Waals surface area contributed by atoms with E-state index < -0.39 is 17.7 Å². The summed E-state index contributed by atoms with van der Waals surface area (Å²) < 4.78 is 32.1. The largest absolute Gasteiger partial charge is 0.507 e. The first-order valence-electron chi connectivity index (χ1n) is 15.4. The smallest absolute Gasteiger partial charge is 0.271 e. The number of carbonyl (C=O) groups is 1. The van der Waals surface area contributed by atoms with Gasteiger partial charge in [-0.15, -0.1) is 0 Å². The van der Waals surface area contributed by atoms with Crippen molar-refractivity contribution in [1.29, 1.82) is 0 Å². The Kier molecular flexibility index (Phi) is 11.4. The molecule has 0 radical (unpaired) electrons. The maximum absolute atomic E-state index is 13.5. The number of hydrogen-bond donors (Lipinski definition) is 1. The van der Waals surface area contributed by atoms with Crippen molar-refractivity contribution >= 4 is 5.78 Å². The zero-order valence-corrected chi connectivity index (χ0v) is 24.5. The number of alkyl halides is 2. The fourth-order valence-electron chi connectivity index (χ4n) is 6.20. The Hall–Kier alpha value is -3.21. The number of aryl methyl sites for hydroxylation is 3. The molecule has 0 heterocycles. The molecule has 1 aliphatic rings. The highest BCUT2D eigenvalue weighted by molar-refractivity contribution is 5.99. The van der Waals surface area contributed by atoms with E-state index in [-0.39, 0.29) is 30.1 Å². The average Bonchev–Trinajstić information content (AvgIpc) is 2.97. The number of hydrogen-bond acceptors (Lipinski definition) is 3. The van der Waals surface area contributed by atoms with Crippen molar-refractivity contribution in [2.75, 3.05) is 6.61 Å². The molecule has 4 rings (SSSR count). The van der Waals surface area contributed by atoms with Crippen LogP contribution in [-0.4, -0.2) is 17.5 Å². The number of rotatable bonds is 14. The highest BCUT2D eigenvalue weighted by atomic mass is 19.3. The first kappa shape index (κ1) is 30.7. The first-order valence-corrected chi connectivity index (χ1v) is 15.4. The van der Waals surface area contributed by atoms with Crippen molar-refractivity contribution in [3.8, 4) is 11.5 Å². The van der Waals surface area contributed by atoms with Gasteiger partial charge in [-0.1, -0.05) is 68.3 Å². The van der Waals surface area contributed by atoms with E-state index in [0.717, 1.165) is 30.2 Å². The lowest BCUT2D eigenvalue weighted by molar-refractivity contribution is 0.0976. The van der Waals surface area contributed by atoms with Gasteiger partial charge in [-0.25, -0.2) is 8.78 Å². The third kappa shape index (κ3) is 8.40. The Morgan fingerprint density at radius 3 is 2.00 bits per heavy atom. The van der Waals surface area contributed by atoms with Gasteiger partial charge in [-0.2, -0.15) is 0 Å². The van der Waals surface area contributed by atoms with Crippen LogP contribution in [-0.2, 0) is 19.3 Å². The van der Waals surface area contributed by atoms with Crippen LogP contribution in [0.15, 0.2) is 60.7 Å². The van der Waals surface area contributed by atoms with Gasteiger partial charge in [0.2, 0.25) is 0 Å². The molecule has 3 nitrogen and oxygen atoms in total. The molecule has 1 saturated carbocycles. The minimum atomic E-state index is -2.93. The molecule has 0 bridgehead atoms. The van der Waals surface area contributed by atoms with Crippen LogP contribution in [0, 0.1) is 5.92 Å². The molecule has 220 valence electrons. The van der Waals surface area contributed by atoms with E-state index >= 15 is 0 Å². The highest BCUT2D eigenvalue weighted by Crippen LogP contribution is 2.40. The van der Waals surface area contributed by atoms with E-state index in [0.29, 0.717) is 12.8 Å². The second kappa shape index (κ2) is 15.1. The van der Waals surface area contributed by atoms with Crippen LogP contribution >= 0.6 is 0 Å². The molecule has 1 aliphatic carbocycles. The summed E-state index contributed by atoms with van der Waals surface area (Å²) in [4.78, 5) is 12.7. The topological polar surface area (TPSA) is 46.5 Å². The molecule has 0 aliphatic heterocycles. The quantitative estimate of drug-likeness (QED) is 0.199. The van der Waals surface area contributed by atoms with E-state index in [1.54, 1.807) is 6.92 Å². The monoisotopic (exact) mass is 562 g/mol.